The first-order chi connectivity index (χ1) is 12.7. The van der Waals surface area contributed by atoms with Crippen molar-refractivity contribution < 1.29 is 18.0 Å². The number of ketones is 1. The standard InChI is InChI=1S/C20H10BrCl2F3O/c21-18-6-5-16(14-3-1-2-4-15(14)18)19(27)10-17(20(24,25)26)11-7-12(22)9-13(23)8-11/h1-10H/b17-10+. The van der Waals surface area contributed by atoms with Crippen molar-refractivity contribution in [1.82, 2.24) is 0 Å². The van der Waals surface area contributed by atoms with E-state index in [4.69, 9.17) is 23.2 Å². The zero-order valence-corrected chi connectivity index (χ0v) is 16.5. The average molecular weight is 474 g/mol. The molecule has 0 amide bonds. The number of rotatable bonds is 3. The Balaban J connectivity index is 2.17. The van der Waals surface area contributed by atoms with E-state index in [1.54, 1.807) is 30.3 Å². The summed E-state index contributed by atoms with van der Waals surface area (Å²) in [7, 11) is 0. The number of allylic oxidation sites excluding steroid dienone is 2. The molecule has 0 saturated heterocycles. The lowest BCUT2D eigenvalue weighted by molar-refractivity contribution is -0.0689. The summed E-state index contributed by atoms with van der Waals surface area (Å²) < 4.78 is 41.6. The summed E-state index contributed by atoms with van der Waals surface area (Å²) in [4.78, 5) is 12.7. The monoisotopic (exact) mass is 472 g/mol. The van der Waals surface area contributed by atoms with E-state index in [1.807, 2.05) is 0 Å². The topological polar surface area (TPSA) is 17.1 Å². The lowest BCUT2D eigenvalue weighted by Gasteiger charge is -2.13. The molecule has 3 aromatic rings. The van der Waals surface area contributed by atoms with Crippen LogP contribution in [-0.4, -0.2) is 12.0 Å². The molecular weight excluding hydrogens is 464 g/mol. The van der Waals surface area contributed by atoms with Crippen LogP contribution in [0.3, 0.4) is 0 Å². The Morgan fingerprint density at radius 3 is 2.11 bits per heavy atom. The van der Waals surface area contributed by atoms with Crippen LogP contribution in [0.1, 0.15) is 15.9 Å². The predicted octanol–water partition coefficient (Wildman–Crippen LogP) is 7.74. The quantitative estimate of drug-likeness (QED) is 0.281. The maximum atomic E-state index is 13.6. The fraction of sp³-hybridized carbons (Fsp3) is 0.0500. The number of carbonyl (C=O) groups excluding carboxylic acids is 1. The highest BCUT2D eigenvalue weighted by Gasteiger charge is 2.35. The van der Waals surface area contributed by atoms with Gasteiger partial charge in [0, 0.05) is 20.1 Å². The molecular formula is C20H10BrCl2F3O. The number of hydrogen-bond donors (Lipinski definition) is 0. The summed E-state index contributed by atoms with van der Waals surface area (Å²) in [5.74, 6) is -0.762. The second-order valence-corrected chi connectivity index (χ2v) is 7.45. The molecule has 3 rings (SSSR count). The van der Waals surface area contributed by atoms with Gasteiger partial charge in [0.1, 0.15) is 0 Å². The van der Waals surface area contributed by atoms with E-state index in [0.29, 0.717) is 11.5 Å². The summed E-state index contributed by atoms with van der Waals surface area (Å²) in [5.41, 5.74) is -1.21. The Labute approximate surface area is 171 Å². The van der Waals surface area contributed by atoms with Gasteiger partial charge in [-0.15, -0.1) is 0 Å². The minimum atomic E-state index is -4.76. The Kier molecular flexibility index (Phi) is 5.65. The second-order valence-electron chi connectivity index (χ2n) is 5.72. The minimum Gasteiger partial charge on any atom is -0.289 e. The number of alkyl halides is 3. The van der Waals surface area contributed by atoms with Crippen molar-refractivity contribution in [3.8, 4) is 0 Å². The van der Waals surface area contributed by atoms with Gasteiger partial charge in [0.2, 0.25) is 0 Å². The Bertz CT molecular complexity index is 1050. The fourth-order valence-electron chi connectivity index (χ4n) is 2.72. The van der Waals surface area contributed by atoms with Crippen molar-refractivity contribution in [2.24, 2.45) is 0 Å². The van der Waals surface area contributed by atoms with Crippen LogP contribution >= 0.6 is 39.1 Å². The van der Waals surface area contributed by atoms with Crippen LogP contribution < -0.4 is 0 Å². The molecule has 0 spiro atoms. The van der Waals surface area contributed by atoms with E-state index in [9.17, 15) is 18.0 Å². The van der Waals surface area contributed by atoms with Crippen LogP contribution in [-0.2, 0) is 0 Å². The largest absolute Gasteiger partial charge is 0.417 e. The number of hydrogen-bond acceptors (Lipinski definition) is 1. The molecule has 0 saturated carbocycles. The molecule has 0 aliphatic heterocycles. The molecule has 0 unspecified atom stereocenters. The highest BCUT2D eigenvalue weighted by atomic mass is 79.9. The molecule has 0 atom stereocenters. The summed E-state index contributed by atoms with van der Waals surface area (Å²) in [6, 6.07) is 13.7. The maximum absolute atomic E-state index is 13.6. The Morgan fingerprint density at radius 1 is 0.926 bits per heavy atom. The Morgan fingerprint density at radius 2 is 1.52 bits per heavy atom. The highest BCUT2D eigenvalue weighted by Crippen LogP contribution is 2.37. The summed E-state index contributed by atoms with van der Waals surface area (Å²) >= 11 is 15.0. The Hall–Kier alpha value is -1.82. The van der Waals surface area contributed by atoms with Crippen molar-refractivity contribution in [3.63, 3.8) is 0 Å². The smallest absolute Gasteiger partial charge is 0.289 e. The third-order valence-corrected chi connectivity index (χ3v) is 5.02. The van der Waals surface area contributed by atoms with E-state index in [1.165, 1.54) is 12.1 Å². The predicted molar refractivity (Wildman–Crippen MR) is 106 cm³/mol. The summed E-state index contributed by atoms with van der Waals surface area (Å²) in [6.07, 6.45) is -4.17. The van der Waals surface area contributed by atoms with Crippen LogP contribution in [0.25, 0.3) is 16.3 Å². The lowest BCUT2D eigenvalue weighted by atomic mass is 9.97. The van der Waals surface area contributed by atoms with Crippen LogP contribution in [0.15, 0.2) is 65.1 Å². The van der Waals surface area contributed by atoms with Gasteiger partial charge < -0.3 is 0 Å². The highest BCUT2D eigenvalue weighted by molar-refractivity contribution is 9.10. The van der Waals surface area contributed by atoms with Gasteiger partial charge >= 0.3 is 6.18 Å². The van der Waals surface area contributed by atoms with Crippen molar-refractivity contribution in [3.05, 3.63) is 86.3 Å². The van der Waals surface area contributed by atoms with Crippen molar-refractivity contribution >= 4 is 61.3 Å². The molecule has 0 heterocycles. The fourth-order valence-corrected chi connectivity index (χ4v) is 3.73. The molecule has 0 bridgehead atoms. The van der Waals surface area contributed by atoms with Gasteiger partial charge in [0.15, 0.2) is 5.78 Å². The van der Waals surface area contributed by atoms with Crippen LogP contribution in [0.5, 0.6) is 0 Å². The van der Waals surface area contributed by atoms with Gasteiger partial charge in [-0.1, -0.05) is 63.4 Å². The molecule has 0 aliphatic rings. The van der Waals surface area contributed by atoms with Gasteiger partial charge in [-0.05, 0) is 52.7 Å². The van der Waals surface area contributed by atoms with Crippen molar-refractivity contribution in [2.75, 3.05) is 0 Å². The molecule has 138 valence electrons. The molecule has 0 radical (unpaired) electrons. The van der Waals surface area contributed by atoms with Gasteiger partial charge in [-0.3, -0.25) is 4.79 Å². The number of fused-ring (bicyclic) bond motifs is 1. The second kappa shape index (κ2) is 7.66. The van der Waals surface area contributed by atoms with Crippen LogP contribution in [0.4, 0.5) is 13.2 Å². The molecule has 27 heavy (non-hydrogen) atoms. The van der Waals surface area contributed by atoms with Crippen LogP contribution in [0, 0.1) is 0 Å². The zero-order chi connectivity index (χ0) is 19.8. The summed E-state index contributed by atoms with van der Waals surface area (Å²) in [5, 5.41) is 1.39. The van der Waals surface area contributed by atoms with Crippen LogP contribution in [0.2, 0.25) is 10.0 Å². The van der Waals surface area contributed by atoms with Gasteiger partial charge in [0.05, 0.1) is 5.57 Å². The third-order valence-electron chi connectivity index (χ3n) is 3.89. The number of benzene rings is 3. The zero-order valence-electron chi connectivity index (χ0n) is 13.4. The molecule has 0 aliphatic carbocycles. The molecule has 0 N–H and O–H groups in total. The maximum Gasteiger partial charge on any atom is 0.417 e. The third kappa shape index (κ3) is 4.37. The van der Waals surface area contributed by atoms with E-state index < -0.39 is 17.5 Å². The molecule has 3 aromatic carbocycles. The van der Waals surface area contributed by atoms with E-state index in [2.05, 4.69) is 15.9 Å². The van der Waals surface area contributed by atoms with E-state index in [0.717, 1.165) is 22.0 Å². The van der Waals surface area contributed by atoms with Crippen molar-refractivity contribution in [2.45, 2.75) is 6.18 Å². The molecule has 0 fully saturated rings. The van der Waals surface area contributed by atoms with Gasteiger partial charge in [-0.25, -0.2) is 0 Å². The first-order valence-corrected chi connectivity index (χ1v) is 9.18. The first kappa shape index (κ1) is 19.9. The number of halogens is 6. The van der Waals surface area contributed by atoms with Crippen molar-refractivity contribution in [1.29, 1.82) is 0 Å². The normalized spacial score (nSPS) is 12.4. The summed E-state index contributed by atoms with van der Waals surface area (Å²) in [6.45, 7) is 0. The number of carbonyl (C=O) groups is 1. The van der Waals surface area contributed by atoms with E-state index >= 15 is 0 Å². The lowest BCUT2D eigenvalue weighted by Crippen LogP contribution is -2.13. The average Bonchev–Trinajstić information content (AvgIpc) is 2.58. The molecule has 1 nitrogen and oxygen atoms in total. The minimum absolute atomic E-state index is 0.0502. The van der Waals surface area contributed by atoms with Gasteiger partial charge in [-0.2, -0.15) is 13.2 Å². The molecule has 0 aromatic heterocycles. The SMILES string of the molecule is O=C(/C=C(\c1cc(Cl)cc(Cl)c1)C(F)(F)F)c1ccc(Br)c2ccccc12. The molecule has 7 heteroatoms. The first-order valence-electron chi connectivity index (χ1n) is 7.64. The van der Waals surface area contributed by atoms with E-state index in [-0.39, 0.29) is 21.2 Å². The van der Waals surface area contributed by atoms with Gasteiger partial charge in [0.25, 0.3) is 0 Å².